The van der Waals surface area contributed by atoms with Crippen LogP contribution in [0.25, 0.3) is 0 Å². The number of aryl methyl sites for hydroxylation is 1. The van der Waals surface area contributed by atoms with Crippen molar-refractivity contribution in [2.45, 2.75) is 39.3 Å². The average molecular weight is 238 g/mol. The van der Waals surface area contributed by atoms with Crippen LogP contribution in [0.2, 0.25) is 0 Å². The summed E-state index contributed by atoms with van der Waals surface area (Å²) >= 11 is 1.90. The molecule has 1 saturated heterocycles. The largest absolute Gasteiger partial charge is 0.326 e. The second kappa shape index (κ2) is 4.86. The fraction of sp³-hybridized carbons (Fsp3) is 0.692. The molecule has 2 N–H and O–H groups in total. The van der Waals surface area contributed by atoms with Gasteiger partial charge in [0.1, 0.15) is 0 Å². The minimum absolute atomic E-state index is 0.316. The molecule has 1 aliphatic rings. The van der Waals surface area contributed by atoms with Gasteiger partial charge in [0.2, 0.25) is 0 Å². The first-order valence-electron chi connectivity index (χ1n) is 6.14. The van der Waals surface area contributed by atoms with Crippen molar-refractivity contribution >= 4 is 11.3 Å². The monoisotopic (exact) mass is 238 g/mol. The Morgan fingerprint density at radius 2 is 2.25 bits per heavy atom. The zero-order chi connectivity index (χ0) is 11.7. The third-order valence-electron chi connectivity index (χ3n) is 3.20. The minimum atomic E-state index is 0.316. The van der Waals surface area contributed by atoms with Gasteiger partial charge in [-0.1, -0.05) is 13.8 Å². The fourth-order valence-corrected chi connectivity index (χ4v) is 3.65. The van der Waals surface area contributed by atoms with E-state index in [1.807, 2.05) is 11.3 Å². The normalized spacial score (nSPS) is 26.8. The molecule has 1 fully saturated rings. The van der Waals surface area contributed by atoms with Gasteiger partial charge in [-0.15, -0.1) is 11.3 Å². The van der Waals surface area contributed by atoms with Gasteiger partial charge in [0.15, 0.2) is 0 Å². The number of nitrogens with two attached hydrogens (primary N) is 1. The van der Waals surface area contributed by atoms with E-state index in [9.17, 15) is 0 Å². The molecule has 90 valence electrons. The van der Waals surface area contributed by atoms with Gasteiger partial charge in [0.05, 0.1) is 6.04 Å². The highest BCUT2D eigenvalue weighted by Gasteiger charge is 2.33. The van der Waals surface area contributed by atoms with Crippen LogP contribution in [0.15, 0.2) is 12.1 Å². The quantitative estimate of drug-likeness (QED) is 0.877. The van der Waals surface area contributed by atoms with Gasteiger partial charge in [-0.2, -0.15) is 0 Å². The van der Waals surface area contributed by atoms with E-state index in [2.05, 4.69) is 37.8 Å². The van der Waals surface area contributed by atoms with E-state index in [4.69, 9.17) is 5.73 Å². The molecule has 0 saturated carbocycles. The SMILES string of the molecule is Cc1ccc(C2C(N)CCN2CC(C)C)s1. The van der Waals surface area contributed by atoms with E-state index in [1.165, 1.54) is 9.75 Å². The Morgan fingerprint density at radius 3 is 2.81 bits per heavy atom. The number of hydrogen-bond donors (Lipinski definition) is 1. The molecule has 0 bridgehead atoms. The lowest BCUT2D eigenvalue weighted by molar-refractivity contribution is 0.224. The molecule has 0 radical (unpaired) electrons. The zero-order valence-electron chi connectivity index (χ0n) is 10.4. The zero-order valence-corrected chi connectivity index (χ0v) is 11.3. The highest BCUT2D eigenvalue weighted by molar-refractivity contribution is 7.12. The van der Waals surface area contributed by atoms with Crippen molar-refractivity contribution in [2.24, 2.45) is 11.7 Å². The van der Waals surface area contributed by atoms with Crippen LogP contribution < -0.4 is 5.73 Å². The van der Waals surface area contributed by atoms with Crippen LogP contribution in [0, 0.1) is 12.8 Å². The van der Waals surface area contributed by atoms with Gasteiger partial charge in [0.25, 0.3) is 0 Å². The Morgan fingerprint density at radius 1 is 1.50 bits per heavy atom. The summed E-state index contributed by atoms with van der Waals surface area (Å²) in [6, 6.07) is 5.24. The lowest BCUT2D eigenvalue weighted by Crippen LogP contribution is -2.33. The van der Waals surface area contributed by atoms with Crippen molar-refractivity contribution in [3.63, 3.8) is 0 Å². The first-order chi connectivity index (χ1) is 7.58. The summed E-state index contributed by atoms with van der Waals surface area (Å²) < 4.78 is 0. The van der Waals surface area contributed by atoms with E-state index >= 15 is 0 Å². The molecule has 2 heterocycles. The van der Waals surface area contributed by atoms with Crippen molar-refractivity contribution in [1.82, 2.24) is 4.90 Å². The molecule has 2 nitrogen and oxygen atoms in total. The van der Waals surface area contributed by atoms with Crippen molar-refractivity contribution in [1.29, 1.82) is 0 Å². The van der Waals surface area contributed by atoms with Crippen LogP contribution >= 0.6 is 11.3 Å². The standard InChI is InChI=1S/C13H22N2S/c1-9(2)8-15-7-6-11(14)13(15)12-5-4-10(3)16-12/h4-5,9,11,13H,6-8,14H2,1-3H3. The predicted octanol–water partition coefficient (Wildman–Crippen LogP) is 2.79. The third kappa shape index (κ3) is 2.47. The molecule has 0 amide bonds. The smallest absolute Gasteiger partial charge is 0.0594 e. The van der Waals surface area contributed by atoms with Crippen LogP contribution in [0.4, 0.5) is 0 Å². The second-order valence-corrected chi connectivity index (χ2v) is 6.55. The molecule has 3 heteroatoms. The van der Waals surface area contributed by atoms with Crippen LogP contribution in [0.5, 0.6) is 0 Å². The molecule has 1 aliphatic heterocycles. The van der Waals surface area contributed by atoms with Crippen LogP contribution in [-0.4, -0.2) is 24.0 Å². The average Bonchev–Trinajstić information content (AvgIpc) is 2.73. The molecule has 2 rings (SSSR count). The molecular weight excluding hydrogens is 216 g/mol. The van der Waals surface area contributed by atoms with Gasteiger partial charge in [-0.25, -0.2) is 0 Å². The minimum Gasteiger partial charge on any atom is -0.326 e. The Kier molecular flexibility index (Phi) is 3.67. The summed E-state index contributed by atoms with van der Waals surface area (Å²) in [7, 11) is 0. The van der Waals surface area contributed by atoms with Crippen LogP contribution in [0.3, 0.4) is 0 Å². The van der Waals surface area contributed by atoms with Crippen LogP contribution in [0.1, 0.15) is 36.1 Å². The van der Waals surface area contributed by atoms with Gasteiger partial charge >= 0.3 is 0 Å². The van der Waals surface area contributed by atoms with Crippen molar-refractivity contribution in [3.05, 3.63) is 21.9 Å². The highest BCUT2D eigenvalue weighted by Crippen LogP contribution is 2.35. The summed E-state index contributed by atoms with van der Waals surface area (Å²) in [4.78, 5) is 5.39. The van der Waals surface area contributed by atoms with E-state index < -0.39 is 0 Å². The van der Waals surface area contributed by atoms with Crippen molar-refractivity contribution < 1.29 is 0 Å². The molecule has 0 aliphatic carbocycles. The highest BCUT2D eigenvalue weighted by atomic mass is 32.1. The molecule has 2 atom stereocenters. The molecule has 0 aromatic carbocycles. The van der Waals surface area contributed by atoms with Gasteiger partial charge in [-0.05, 0) is 31.4 Å². The maximum atomic E-state index is 6.25. The molecule has 2 unspecified atom stereocenters. The molecule has 16 heavy (non-hydrogen) atoms. The maximum absolute atomic E-state index is 6.25. The fourth-order valence-electron chi connectivity index (χ4n) is 2.56. The Bertz CT molecular complexity index is 345. The first kappa shape index (κ1) is 12.1. The summed E-state index contributed by atoms with van der Waals surface area (Å²) in [5, 5.41) is 0. The van der Waals surface area contributed by atoms with E-state index in [0.29, 0.717) is 18.0 Å². The maximum Gasteiger partial charge on any atom is 0.0594 e. The Hall–Kier alpha value is -0.380. The number of hydrogen-bond acceptors (Lipinski definition) is 3. The summed E-state index contributed by atoms with van der Waals surface area (Å²) in [5.41, 5.74) is 6.25. The number of likely N-dealkylation sites (tertiary alicyclic amines) is 1. The predicted molar refractivity (Wildman–Crippen MR) is 70.8 cm³/mol. The summed E-state index contributed by atoms with van der Waals surface area (Å²) in [5.74, 6) is 0.717. The molecule has 1 aromatic heterocycles. The molecule has 1 aromatic rings. The first-order valence-corrected chi connectivity index (χ1v) is 6.95. The van der Waals surface area contributed by atoms with E-state index in [0.717, 1.165) is 19.5 Å². The number of thiophene rings is 1. The number of rotatable bonds is 3. The van der Waals surface area contributed by atoms with Crippen molar-refractivity contribution in [2.75, 3.05) is 13.1 Å². The topological polar surface area (TPSA) is 29.3 Å². The van der Waals surface area contributed by atoms with Crippen LogP contribution in [-0.2, 0) is 0 Å². The van der Waals surface area contributed by atoms with Gasteiger partial charge < -0.3 is 5.73 Å². The number of nitrogens with zero attached hydrogens (tertiary/aromatic N) is 1. The molecule has 0 spiro atoms. The Balaban J connectivity index is 2.15. The lowest BCUT2D eigenvalue weighted by atomic mass is 10.1. The van der Waals surface area contributed by atoms with Crippen molar-refractivity contribution in [3.8, 4) is 0 Å². The summed E-state index contributed by atoms with van der Waals surface area (Å²) in [6.07, 6.45) is 1.13. The Labute approximate surface area is 102 Å². The van der Waals surface area contributed by atoms with Gasteiger partial charge in [-0.3, -0.25) is 4.90 Å². The third-order valence-corrected chi connectivity index (χ3v) is 4.27. The van der Waals surface area contributed by atoms with E-state index in [-0.39, 0.29) is 0 Å². The van der Waals surface area contributed by atoms with E-state index in [1.54, 1.807) is 0 Å². The molecular formula is C13H22N2S. The second-order valence-electron chi connectivity index (χ2n) is 5.23. The van der Waals surface area contributed by atoms with Gasteiger partial charge in [0, 0.05) is 28.9 Å². The lowest BCUT2D eigenvalue weighted by Gasteiger charge is -2.27. The summed E-state index contributed by atoms with van der Waals surface area (Å²) in [6.45, 7) is 9.04.